The highest BCUT2D eigenvalue weighted by Crippen LogP contribution is 2.24. The molecule has 0 saturated carbocycles. The van der Waals surface area contributed by atoms with Crippen molar-refractivity contribution in [3.8, 4) is 11.4 Å². The minimum Gasteiger partial charge on any atom is -0.378 e. The maximum absolute atomic E-state index is 14.5. The van der Waals surface area contributed by atoms with Crippen molar-refractivity contribution in [2.75, 3.05) is 36.5 Å². The van der Waals surface area contributed by atoms with Gasteiger partial charge in [0.1, 0.15) is 11.6 Å². The number of carbonyl (C=O) groups excluding carboxylic acids is 1. The molecule has 1 aliphatic heterocycles. The number of benzene rings is 2. The number of nitrogens with one attached hydrogen (secondary N) is 1. The first-order chi connectivity index (χ1) is 13.6. The average molecular weight is 402 g/mol. The minimum absolute atomic E-state index is 0.188. The zero-order chi connectivity index (χ0) is 19.5. The predicted octanol–water partition coefficient (Wildman–Crippen LogP) is 3.57. The van der Waals surface area contributed by atoms with E-state index in [0.29, 0.717) is 43.4 Å². The van der Waals surface area contributed by atoms with E-state index in [0.717, 1.165) is 11.5 Å². The Balaban J connectivity index is 1.46. The molecule has 1 N–H and O–H groups in total. The Bertz CT molecular complexity index is 988. The summed E-state index contributed by atoms with van der Waals surface area (Å²) in [4.78, 5) is 18.5. The van der Waals surface area contributed by atoms with E-state index in [1.165, 1.54) is 18.2 Å². The lowest BCUT2D eigenvalue weighted by Crippen LogP contribution is -2.36. The second-order valence-corrected chi connectivity index (χ2v) is 6.90. The number of anilines is 2. The van der Waals surface area contributed by atoms with Crippen LogP contribution in [0.25, 0.3) is 11.4 Å². The number of morpholine rings is 1. The van der Waals surface area contributed by atoms with E-state index < -0.39 is 11.7 Å². The van der Waals surface area contributed by atoms with Gasteiger partial charge in [0.2, 0.25) is 5.13 Å². The Labute approximate surface area is 164 Å². The van der Waals surface area contributed by atoms with Gasteiger partial charge >= 0.3 is 0 Å². The fraction of sp³-hybridized carbons (Fsp3) is 0.211. The molecule has 1 aliphatic rings. The minimum atomic E-state index is -0.478. The lowest BCUT2D eigenvalue weighted by Gasteiger charge is -2.29. The van der Waals surface area contributed by atoms with Gasteiger partial charge in [0.25, 0.3) is 5.91 Å². The molecule has 1 saturated heterocycles. The van der Waals surface area contributed by atoms with Crippen LogP contribution in [0.5, 0.6) is 0 Å². The topological polar surface area (TPSA) is 67.4 Å². The van der Waals surface area contributed by atoms with Crippen molar-refractivity contribution in [3.63, 3.8) is 0 Å². The number of aromatic nitrogens is 2. The average Bonchev–Trinajstić information content (AvgIpc) is 3.17. The van der Waals surface area contributed by atoms with E-state index >= 15 is 0 Å². The second-order valence-electron chi connectivity index (χ2n) is 6.15. The number of hydrogen-bond acceptors (Lipinski definition) is 6. The maximum atomic E-state index is 14.5. The third kappa shape index (κ3) is 4.00. The summed E-state index contributed by atoms with van der Waals surface area (Å²) in [5.41, 5.74) is 1.28. The number of amides is 1. The number of rotatable bonds is 4. The molecule has 9 heteroatoms. The van der Waals surface area contributed by atoms with Gasteiger partial charge in [0.15, 0.2) is 5.82 Å². The van der Waals surface area contributed by atoms with Crippen molar-refractivity contribution in [1.82, 2.24) is 9.36 Å². The van der Waals surface area contributed by atoms with E-state index in [2.05, 4.69) is 14.7 Å². The summed E-state index contributed by atoms with van der Waals surface area (Å²) in [6.07, 6.45) is 0. The molecule has 1 aromatic heterocycles. The summed E-state index contributed by atoms with van der Waals surface area (Å²) < 4.78 is 36.9. The van der Waals surface area contributed by atoms with Gasteiger partial charge in [-0.15, -0.1) is 0 Å². The van der Waals surface area contributed by atoms with Crippen LogP contribution in [0.4, 0.5) is 19.6 Å². The number of hydrogen-bond donors (Lipinski definition) is 1. The lowest BCUT2D eigenvalue weighted by molar-refractivity contribution is 0.102. The lowest BCUT2D eigenvalue weighted by atomic mass is 10.1. The molecule has 6 nitrogen and oxygen atoms in total. The van der Waals surface area contributed by atoms with Crippen LogP contribution in [0.2, 0.25) is 0 Å². The molecule has 3 aromatic rings. The SMILES string of the molecule is O=C(Nc1nc(-c2ccc(F)cc2)ns1)c1ccc(N2CCOCC2)c(F)c1. The van der Waals surface area contributed by atoms with Crippen molar-refractivity contribution in [2.45, 2.75) is 0 Å². The quantitative estimate of drug-likeness (QED) is 0.723. The third-order valence-electron chi connectivity index (χ3n) is 4.31. The molecule has 0 radical (unpaired) electrons. The van der Waals surface area contributed by atoms with Gasteiger partial charge in [-0.25, -0.2) is 8.78 Å². The fourth-order valence-corrected chi connectivity index (χ4v) is 3.45. The van der Waals surface area contributed by atoms with Crippen molar-refractivity contribution < 1.29 is 18.3 Å². The molecular formula is C19H16F2N4O2S. The van der Waals surface area contributed by atoms with Gasteiger partial charge < -0.3 is 9.64 Å². The summed E-state index contributed by atoms with van der Waals surface area (Å²) in [7, 11) is 0. The molecular weight excluding hydrogens is 386 g/mol. The molecule has 0 spiro atoms. The monoisotopic (exact) mass is 402 g/mol. The highest BCUT2D eigenvalue weighted by molar-refractivity contribution is 7.10. The van der Waals surface area contributed by atoms with Crippen LogP contribution in [-0.4, -0.2) is 41.6 Å². The van der Waals surface area contributed by atoms with Gasteiger partial charge in [-0.05, 0) is 42.5 Å². The van der Waals surface area contributed by atoms with Crippen molar-refractivity contribution >= 4 is 28.3 Å². The molecule has 0 atom stereocenters. The first-order valence-corrected chi connectivity index (χ1v) is 9.41. The normalized spacial score (nSPS) is 14.1. The Morgan fingerprint density at radius 2 is 1.86 bits per heavy atom. The van der Waals surface area contributed by atoms with Gasteiger partial charge in [0, 0.05) is 35.7 Å². The Morgan fingerprint density at radius 3 is 2.57 bits per heavy atom. The van der Waals surface area contributed by atoms with E-state index in [1.807, 2.05) is 4.90 Å². The highest BCUT2D eigenvalue weighted by atomic mass is 32.1. The molecule has 28 heavy (non-hydrogen) atoms. The molecule has 0 bridgehead atoms. The van der Waals surface area contributed by atoms with Crippen molar-refractivity contribution in [1.29, 1.82) is 0 Å². The Hall–Kier alpha value is -2.91. The van der Waals surface area contributed by atoms with E-state index in [-0.39, 0.29) is 16.5 Å². The maximum Gasteiger partial charge on any atom is 0.257 e. The van der Waals surface area contributed by atoms with Crippen LogP contribution >= 0.6 is 11.5 Å². The van der Waals surface area contributed by atoms with Gasteiger partial charge in [0.05, 0.1) is 18.9 Å². The smallest absolute Gasteiger partial charge is 0.257 e. The number of carbonyl (C=O) groups is 1. The van der Waals surface area contributed by atoms with Crippen LogP contribution in [-0.2, 0) is 4.74 Å². The molecule has 1 fully saturated rings. The second kappa shape index (κ2) is 7.99. The summed E-state index contributed by atoms with van der Waals surface area (Å²) in [6, 6.07) is 10.1. The molecule has 4 rings (SSSR count). The molecule has 2 aromatic carbocycles. The zero-order valence-corrected chi connectivity index (χ0v) is 15.5. The summed E-state index contributed by atoms with van der Waals surface area (Å²) in [5, 5.41) is 2.90. The van der Waals surface area contributed by atoms with Gasteiger partial charge in [-0.1, -0.05) is 0 Å². The molecule has 0 unspecified atom stereocenters. The zero-order valence-electron chi connectivity index (χ0n) is 14.7. The van der Waals surface area contributed by atoms with Gasteiger partial charge in [-0.2, -0.15) is 9.36 Å². The van der Waals surface area contributed by atoms with Crippen molar-refractivity contribution in [2.24, 2.45) is 0 Å². The largest absolute Gasteiger partial charge is 0.378 e. The third-order valence-corrected chi connectivity index (χ3v) is 4.94. The van der Waals surface area contributed by atoms with E-state index in [9.17, 15) is 13.6 Å². The standard InChI is InChI=1S/C19H16F2N4O2S/c20-14-4-1-12(2-5-14)17-22-19(28-24-17)23-18(26)13-3-6-16(15(21)11-13)25-7-9-27-10-8-25/h1-6,11H,7-10H2,(H,22,23,24,26). The van der Waals surface area contributed by atoms with Crippen molar-refractivity contribution in [3.05, 3.63) is 59.7 Å². The van der Waals surface area contributed by atoms with Crippen LogP contribution in [0.3, 0.4) is 0 Å². The predicted molar refractivity (Wildman–Crippen MR) is 103 cm³/mol. The van der Waals surface area contributed by atoms with Gasteiger partial charge in [-0.3, -0.25) is 10.1 Å². The number of ether oxygens (including phenoxy) is 1. The molecule has 1 amide bonds. The Kier molecular flexibility index (Phi) is 5.27. The number of halogens is 2. The van der Waals surface area contributed by atoms with E-state index in [4.69, 9.17) is 4.74 Å². The summed E-state index contributed by atoms with van der Waals surface area (Å²) in [5.74, 6) is -0.905. The van der Waals surface area contributed by atoms with Crippen LogP contribution in [0, 0.1) is 11.6 Å². The molecule has 2 heterocycles. The van der Waals surface area contributed by atoms with Crippen LogP contribution in [0.1, 0.15) is 10.4 Å². The summed E-state index contributed by atoms with van der Waals surface area (Å²) in [6.45, 7) is 2.32. The fourth-order valence-electron chi connectivity index (χ4n) is 2.87. The molecule has 144 valence electrons. The Morgan fingerprint density at radius 1 is 1.11 bits per heavy atom. The number of nitrogens with zero attached hydrogens (tertiary/aromatic N) is 3. The molecule has 0 aliphatic carbocycles. The first kappa shape index (κ1) is 18.5. The van der Waals surface area contributed by atoms with Crippen LogP contribution < -0.4 is 10.2 Å². The first-order valence-electron chi connectivity index (χ1n) is 8.63. The van der Waals surface area contributed by atoms with E-state index in [1.54, 1.807) is 24.3 Å². The van der Waals surface area contributed by atoms with Crippen LogP contribution in [0.15, 0.2) is 42.5 Å². The highest BCUT2D eigenvalue weighted by Gasteiger charge is 2.18. The summed E-state index contributed by atoms with van der Waals surface area (Å²) >= 11 is 0.999.